The highest BCUT2D eigenvalue weighted by atomic mass is 19.1. The number of halogens is 2. The fourth-order valence-electron chi connectivity index (χ4n) is 4.39. The molecule has 2 saturated carbocycles. The molecule has 0 atom stereocenters. The van der Waals surface area contributed by atoms with Crippen molar-refractivity contribution in [2.45, 2.75) is 44.3 Å². The molecular formula is C28H24F2N4O. The Morgan fingerprint density at radius 3 is 2.54 bits per heavy atom. The van der Waals surface area contributed by atoms with Gasteiger partial charge in [-0.25, -0.2) is 18.7 Å². The number of fused-ring (bicyclic) bond motifs is 1. The second-order valence-electron chi connectivity index (χ2n) is 9.36. The Morgan fingerprint density at radius 1 is 0.943 bits per heavy atom. The zero-order valence-corrected chi connectivity index (χ0v) is 19.0. The lowest BCUT2D eigenvalue weighted by Gasteiger charge is -2.23. The Bertz CT molecular complexity index is 1430. The fraction of sp³-hybridized carbons (Fsp3) is 0.250. The summed E-state index contributed by atoms with van der Waals surface area (Å²) in [4.78, 5) is 23.7. The van der Waals surface area contributed by atoms with E-state index in [0.29, 0.717) is 12.6 Å². The van der Waals surface area contributed by atoms with Crippen LogP contribution in [0.3, 0.4) is 0 Å². The summed E-state index contributed by atoms with van der Waals surface area (Å²) in [5.41, 5.74) is 3.78. The summed E-state index contributed by atoms with van der Waals surface area (Å²) in [5.74, 6) is -1.08. The highest BCUT2D eigenvalue weighted by Gasteiger charge is 2.34. The van der Waals surface area contributed by atoms with Crippen molar-refractivity contribution in [3.63, 3.8) is 0 Å². The van der Waals surface area contributed by atoms with Gasteiger partial charge in [0.2, 0.25) is 0 Å². The number of carbonyl (C=O) groups excluding carboxylic acids is 1. The van der Waals surface area contributed by atoms with E-state index in [9.17, 15) is 13.6 Å². The van der Waals surface area contributed by atoms with Gasteiger partial charge in [-0.3, -0.25) is 4.79 Å². The molecule has 0 spiro atoms. The lowest BCUT2D eigenvalue weighted by Crippen LogP contribution is -2.33. The third kappa shape index (κ3) is 4.58. The van der Waals surface area contributed by atoms with E-state index < -0.39 is 17.5 Å². The molecule has 5 nitrogen and oxygen atoms in total. The summed E-state index contributed by atoms with van der Waals surface area (Å²) in [6, 6.07) is 17.8. The van der Waals surface area contributed by atoms with Crippen LogP contribution in [-0.4, -0.2) is 32.9 Å². The molecular weight excluding hydrogens is 446 g/mol. The molecule has 0 aliphatic heterocycles. The minimum atomic E-state index is -0.830. The van der Waals surface area contributed by atoms with Gasteiger partial charge in [-0.1, -0.05) is 24.3 Å². The Balaban J connectivity index is 1.29. The van der Waals surface area contributed by atoms with Gasteiger partial charge in [0, 0.05) is 30.1 Å². The van der Waals surface area contributed by atoms with E-state index in [-0.39, 0.29) is 11.6 Å². The number of hydrogen-bond donors (Lipinski definition) is 1. The normalized spacial score (nSPS) is 15.3. The number of nitrogens with one attached hydrogen (secondary N) is 1. The molecule has 2 fully saturated rings. The van der Waals surface area contributed by atoms with Crippen LogP contribution in [0.2, 0.25) is 0 Å². The summed E-state index contributed by atoms with van der Waals surface area (Å²) >= 11 is 0. The number of hydrogen-bond acceptors (Lipinski definition) is 4. The minimum Gasteiger partial charge on any atom is -0.367 e. The first kappa shape index (κ1) is 21.6. The molecule has 35 heavy (non-hydrogen) atoms. The highest BCUT2D eigenvalue weighted by molar-refractivity contribution is 5.95. The molecule has 1 heterocycles. The van der Waals surface area contributed by atoms with Crippen LogP contribution in [0.5, 0.6) is 0 Å². The molecule has 0 saturated heterocycles. The van der Waals surface area contributed by atoms with Gasteiger partial charge >= 0.3 is 0 Å². The monoisotopic (exact) mass is 470 g/mol. The molecule has 6 rings (SSSR count). The molecule has 1 N–H and O–H groups in total. The maximum atomic E-state index is 14.3. The summed E-state index contributed by atoms with van der Waals surface area (Å²) in [5, 5.41) is 4.46. The Labute approximate surface area is 201 Å². The molecule has 7 heteroatoms. The first-order chi connectivity index (χ1) is 17.0. The maximum Gasteiger partial charge on any atom is 0.257 e. The first-order valence-electron chi connectivity index (χ1n) is 11.9. The van der Waals surface area contributed by atoms with E-state index in [4.69, 9.17) is 0 Å². The van der Waals surface area contributed by atoms with Crippen LogP contribution in [0.15, 0.2) is 67.0 Å². The van der Waals surface area contributed by atoms with Gasteiger partial charge in [0.1, 0.15) is 23.8 Å². The van der Waals surface area contributed by atoms with Gasteiger partial charge in [-0.15, -0.1) is 0 Å². The van der Waals surface area contributed by atoms with Crippen LogP contribution >= 0.6 is 0 Å². The van der Waals surface area contributed by atoms with Gasteiger partial charge in [0.05, 0.1) is 11.1 Å². The number of carbonyl (C=O) groups is 1. The highest BCUT2D eigenvalue weighted by Crippen LogP contribution is 2.33. The molecule has 0 unspecified atom stereocenters. The smallest absolute Gasteiger partial charge is 0.257 e. The van der Waals surface area contributed by atoms with Crippen molar-refractivity contribution in [1.29, 1.82) is 0 Å². The third-order valence-electron chi connectivity index (χ3n) is 6.58. The Hall–Kier alpha value is -3.87. The zero-order chi connectivity index (χ0) is 23.9. The van der Waals surface area contributed by atoms with Crippen LogP contribution in [0.4, 0.5) is 14.6 Å². The molecule has 2 aliphatic rings. The van der Waals surface area contributed by atoms with Crippen LogP contribution in [0.1, 0.15) is 41.6 Å². The van der Waals surface area contributed by atoms with E-state index in [1.807, 2.05) is 30.3 Å². The second kappa shape index (κ2) is 8.73. The van der Waals surface area contributed by atoms with Crippen molar-refractivity contribution in [2.24, 2.45) is 0 Å². The number of anilines is 1. The molecule has 1 aromatic heterocycles. The molecule has 0 bridgehead atoms. The Morgan fingerprint density at radius 2 is 1.77 bits per heavy atom. The standard InChI is InChI=1S/C28H24F2N4O/c29-20-5-10-23(25(30)14-20)28(35)34(22-8-9-22)15-17-2-1-3-18(12-17)19-4-11-26-24(13-19)27(32-16-31-26)33-21-6-7-21/h1-5,10-14,16,21-22H,6-9,15H2,(H,31,32,33). The molecule has 176 valence electrons. The number of aromatic nitrogens is 2. The van der Waals surface area contributed by atoms with Crippen LogP contribution in [0.25, 0.3) is 22.0 Å². The predicted octanol–water partition coefficient (Wildman–Crippen LogP) is 5.95. The van der Waals surface area contributed by atoms with E-state index in [1.165, 1.54) is 6.07 Å². The van der Waals surface area contributed by atoms with Crippen molar-refractivity contribution in [2.75, 3.05) is 5.32 Å². The quantitative estimate of drug-likeness (QED) is 0.362. The molecule has 0 radical (unpaired) electrons. The minimum absolute atomic E-state index is 0.0736. The van der Waals surface area contributed by atoms with Gasteiger partial charge in [-0.2, -0.15) is 0 Å². The molecule has 3 aromatic carbocycles. The van der Waals surface area contributed by atoms with Crippen LogP contribution in [-0.2, 0) is 6.54 Å². The number of amides is 1. The van der Waals surface area contributed by atoms with Crippen molar-refractivity contribution < 1.29 is 13.6 Å². The van der Waals surface area contributed by atoms with E-state index in [2.05, 4.69) is 27.4 Å². The summed E-state index contributed by atoms with van der Waals surface area (Å²) in [6.45, 7) is 0.360. The fourth-order valence-corrected chi connectivity index (χ4v) is 4.39. The topological polar surface area (TPSA) is 58.1 Å². The first-order valence-corrected chi connectivity index (χ1v) is 11.9. The van der Waals surface area contributed by atoms with Crippen molar-refractivity contribution in [1.82, 2.24) is 14.9 Å². The summed E-state index contributed by atoms with van der Waals surface area (Å²) in [6.07, 6.45) is 5.67. The molecule has 4 aromatic rings. The average molecular weight is 471 g/mol. The predicted molar refractivity (Wildman–Crippen MR) is 131 cm³/mol. The van der Waals surface area contributed by atoms with E-state index in [1.54, 1.807) is 11.2 Å². The van der Waals surface area contributed by atoms with Gasteiger partial charge in [-0.05, 0) is 72.7 Å². The van der Waals surface area contributed by atoms with Gasteiger partial charge in [0.25, 0.3) is 5.91 Å². The van der Waals surface area contributed by atoms with Crippen molar-refractivity contribution in [3.8, 4) is 11.1 Å². The number of benzene rings is 3. The largest absolute Gasteiger partial charge is 0.367 e. The van der Waals surface area contributed by atoms with Crippen molar-refractivity contribution in [3.05, 3.63) is 89.8 Å². The van der Waals surface area contributed by atoms with Crippen LogP contribution < -0.4 is 5.32 Å². The SMILES string of the molecule is O=C(c1ccc(F)cc1F)N(Cc1cccc(-c2ccc3ncnc(NC4CC4)c3c2)c1)C1CC1. The zero-order valence-electron chi connectivity index (χ0n) is 19.0. The Kier molecular flexibility index (Phi) is 5.40. The second-order valence-corrected chi connectivity index (χ2v) is 9.36. The average Bonchev–Trinajstić information content (AvgIpc) is 3.78. The number of rotatable bonds is 7. The number of nitrogens with zero attached hydrogens (tertiary/aromatic N) is 3. The maximum absolute atomic E-state index is 14.3. The van der Waals surface area contributed by atoms with E-state index in [0.717, 1.165) is 71.2 Å². The van der Waals surface area contributed by atoms with Crippen LogP contribution in [0, 0.1) is 11.6 Å². The molecule has 2 aliphatic carbocycles. The van der Waals surface area contributed by atoms with Gasteiger partial charge < -0.3 is 10.2 Å². The lowest BCUT2D eigenvalue weighted by atomic mass is 10.0. The summed E-state index contributed by atoms with van der Waals surface area (Å²) < 4.78 is 27.7. The summed E-state index contributed by atoms with van der Waals surface area (Å²) in [7, 11) is 0. The van der Waals surface area contributed by atoms with Crippen molar-refractivity contribution >= 4 is 22.6 Å². The lowest BCUT2D eigenvalue weighted by molar-refractivity contribution is 0.0725. The van der Waals surface area contributed by atoms with E-state index >= 15 is 0 Å². The third-order valence-corrected chi connectivity index (χ3v) is 6.58. The molecule has 1 amide bonds. The van der Waals surface area contributed by atoms with Gasteiger partial charge in [0.15, 0.2) is 0 Å².